The first-order valence-corrected chi connectivity index (χ1v) is 9.41. The SMILES string of the molecule is Cc1nn(CCCNC(=O)c2cn3c4c(cccc4c2=O)CC3)c(C)c1C. The van der Waals surface area contributed by atoms with E-state index < -0.39 is 0 Å². The van der Waals surface area contributed by atoms with Gasteiger partial charge in [-0.15, -0.1) is 0 Å². The molecule has 1 aliphatic rings. The summed E-state index contributed by atoms with van der Waals surface area (Å²) >= 11 is 0. The molecule has 1 aliphatic heterocycles. The lowest BCUT2D eigenvalue weighted by molar-refractivity contribution is 0.0951. The third-order valence-corrected chi connectivity index (χ3v) is 5.62. The maximum atomic E-state index is 12.8. The Morgan fingerprint density at radius 2 is 2.07 bits per heavy atom. The molecule has 0 spiro atoms. The largest absolute Gasteiger partial charge is 0.352 e. The molecule has 0 bridgehead atoms. The number of hydrogen-bond acceptors (Lipinski definition) is 3. The van der Waals surface area contributed by atoms with Crippen LogP contribution in [0, 0.1) is 20.8 Å². The van der Waals surface area contributed by atoms with Crippen molar-refractivity contribution in [2.75, 3.05) is 6.54 Å². The van der Waals surface area contributed by atoms with Crippen molar-refractivity contribution >= 4 is 16.8 Å². The van der Waals surface area contributed by atoms with Gasteiger partial charge in [-0.1, -0.05) is 12.1 Å². The maximum Gasteiger partial charge on any atom is 0.256 e. The number of para-hydroxylation sites is 1. The normalized spacial score (nSPS) is 12.7. The Balaban J connectivity index is 1.46. The van der Waals surface area contributed by atoms with Gasteiger partial charge in [0.2, 0.25) is 5.43 Å². The quantitative estimate of drug-likeness (QED) is 0.707. The second-order valence-corrected chi connectivity index (χ2v) is 7.26. The monoisotopic (exact) mass is 364 g/mol. The molecule has 6 heteroatoms. The standard InChI is InChI=1S/C21H24N4O2/c1-13-14(2)23-25(15(13)3)10-5-9-22-21(27)18-12-24-11-8-16-6-4-7-17(19(16)24)20(18)26/h4,6-7,12H,5,8-11H2,1-3H3,(H,22,27). The predicted octanol–water partition coefficient (Wildman–Crippen LogP) is 2.50. The van der Waals surface area contributed by atoms with Crippen LogP contribution in [0.3, 0.4) is 0 Å². The van der Waals surface area contributed by atoms with Crippen LogP contribution in [0.1, 0.15) is 39.3 Å². The number of aryl methyl sites for hydroxylation is 4. The number of aromatic nitrogens is 3. The van der Waals surface area contributed by atoms with Crippen molar-refractivity contribution < 1.29 is 4.79 Å². The van der Waals surface area contributed by atoms with Crippen LogP contribution >= 0.6 is 0 Å². The van der Waals surface area contributed by atoms with E-state index in [9.17, 15) is 9.59 Å². The molecule has 1 N–H and O–H groups in total. The second-order valence-electron chi connectivity index (χ2n) is 7.26. The highest BCUT2D eigenvalue weighted by atomic mass is 16.2. The highest BCUT2D eigenvalue weighted by Crippen LogP contribution is 2.23. The summed E-state index contributed by atoms with van der Waals surface area (Å²) in [6.45, 7) is 8.19. The van der Waals surface area contributed by atoms with Gasteiger partial charge >= 0.3 is 0 Å². The van der Waals surface area contributed by atoms with Gasteiger partial charge in [-0.3, -0.25) is 14.3 Å². The highest BCUT2D eigenvalue weighted by Gasteiger charge is 2.20. The van der Waals surface area contributed by atoms with Gasteiger partial charge in [-0.2, -0.15) is 5.10 Å². The maximum absolute atomic E-state index is 12.8. The van der Waals surface area contributed by atoms with Gasteiger partial charge in [0, 0.05) is 36.9 Å². The molecule has 6 nitrogen and oxygen atoms in total. The Morgan fingerprint density at radius 3 is 2.81 bits per heavy atom. The minimum absolute atomic E-state index is 0.184. The third kappa shape index (κ3) is 2.95. The number of carbonyl (C=O) groups is 1. The molecule has 0 saturated heterocycles. The van der Waals surface area contributed by atoms with Gasteiger partial charge in [-0.25, -0.2) is 0 Å². The average molecular weight is 364 g/mol. The van der Waals surface area contributed by atoms with Crippen LogP contribution < -0.4 is 10.7 Å². The summed E-state index contributed by atoms with van der Waals surface area (Å²) in [4.78, 5) is 25.3. The molecule has 1 aromatic carbocycles. The fraction of sp³-hybridized carbons (Fsp3) is 0.381. The Morgan fingerprint density at radius 1 is 1.26 bits per heavy atom. The molecule has 3 heterocycles. The topological polar surface area (TPSA) is 68.9 Å². The molecule has 0 radical (unpaired) electrons. The van der Waals surface area contributed by atoms with E-state index in [1.165, 1.54) is 11.1 Å². The highest BCUT2D eigenvalue weighted by molar-refractivity contribution is 5.98. The van der Waals surface area contributed by atoms with E-state index in [-0.39, 0.29) is 16.9 Å². The van der Waals surface area contributed by atoms with Gasteiger partial charge < -0.3 is 9.88 Å². The molecule has 1 amide bonds. The number of nitrogens with one attached hydrogen (secondary N) is 1. The fourth-order valence-corrected chi connectivity index (χ4v) is 3.85. The number of amides is 1. The number of pyridine rings is 1. The molecule has 0 atom stereocenters. The summed E-state index contributed by atoms with van der Waals surface area (Å²) < 4.78 is 4.00. The Labute approximate surface area is 157 Å². The van der Waals surface area contributed by atoms with Crippen LogP contribution in [0.25, 0.3) is 10.9 Å². The molecule has 0 saturated carbocycles. The van der Waals surface area contributed by atoms with E-state index in [0.717, 1.165) is 42.8 Å². The summed E-state index contributed by atoms with van der Waals surface area (Å²) in [5.41, 5.74) is 5.60. The summed E-state index contributed by atoms with van der Waals surface area (Å²) in [5, 5.41) is 8.04. The molecule has 0 aliphatic carbocycles. The van der Waals surface area contributed by atoms with Crippen molar-refractivity contribution in [3.8, 4) is 0 Å². The molecule has 2 aromatic heterocycles. The van der Waals surface area contributed by atoms with Gasteiger partial charge in [0.15, 0.2) is 0 Å². The van der Waals surface area contributed by atoms with Crippen molar-refractivity contribution in [1.82, 2.24) is 19.7 Å². The lowest BCUT2D eigenvalue weighted by Crippen LogP contribution is -2.30. The van der Waals surface area contributed by atoms with E-state index in [0.29, 0.717) is 11.9 Å². The first kappa shape index (κ1) is 17.5. The number of nitrogens with zero attached hydrogens (tertiary/aromatic N) is 3. The van der Waals surface area contributed by atoms with E-state index in [1.54, 1.807) is 6.20 Å². The Kier molecular flexibility index (Phi) is 4.34. The van der Waals surface area contributed by atoms with E-state index in [1.807, 2.05) is 34.4 Å². The summed E-state index contributed by atoms with van der Waals surface area (Å²) in [6.07, 6.45) is 3.38. The molecule has 0 fully saturated rings. The average Bonchev–Trinajstić information content (AvgIpc) is 3.19. The van der Waals surface area contributed by atoms with Crippen LogP contribution in [-0.4, -0.2) is 26.8 Å². The smallest absolute Gasteiger partial charge is 0.256 e. The lowest BCUT2D eigenvalue weighted by Gasteiger charge is -2.10. The van der Waals surface area contributed by atoms with Crippen molar-refractivity contribution in [2.45, 2.75) is 46.7 Å². The fourth-order valence-electron chi connectivity index (χ4n) is 3.85. The minimum Gasteiger partial charge on any atom is -0.352 e. The third-order valence-electron chi connectivity index (χ3n) is 5.62. The van der Waals surface area contributed by atoms with Crippen LogP contribution in [-0.2, 0) is 19.5 Å². The van der Waals surface area contributed by atoms with E-state index in [2.05, 4.69) is 24.3 Å². The van der Waals surface area contributed by atoms with Gasteiger partial charge in [0.25, 0.3) is 5.91 Å². The molecule has 27 heavy (non-hydrogen) atoms. The molecule has 0 unspecified atom stereocenters. The van der Waals surface area contributed by atoms with E-state index >= 15 is 0 Å². The minimum atomic E-state index is -0.299. The first-order valence-electron chi connectivity index (χ1n) is 9.41. The second kappa shape index (κ2) is 6.68. The Bertz CT molecular complexity index is 1110. The van der Waals surface area contributed by atoms with Crippen molar-refractivity contribution in [2.24, 2.45) is 0 Å². The summed E-state index contributed by atoms with van der Waals surface area (Å²) in [6, 6.07) is 5.75. The van der Waals surface area contributed by atoms with Gasteiger partial charge in [-0.05, 0) is 50.8 Å². The summed E-state index contributed by atoms with van der Waals surface area (Å²) in [7, 11) is 0. The van der Waals surface area contributed by atoms with Crippen LogP contribution in [0.4, 0.5) is 0 Å². The first-order chi connectivity index (χ1) is 13.0. The lowest BCUT2D eigenvalue weighted by atomic mass is 10.1. The van der Waals surface area contributed by atoms with Crippen LogP contribution in [0.15, 0.2) is 29.2 Å². The van der Waals surface area contributed by atoms with Crippen molar-refractivity contribution in [3.63, 3.8) is 0 Å². The van der Waals surface area contributed by atoms with Crippen LogP contribution in [0.2, 0.25) is 0 Å². The number of hydrogen-bond donors (Lipinski definition) is 1. The molecule has 4 rings (SSSR count). The molecular formula is C21H24N4O2. The van der Waals surface area contributed by atoms with Gasteiger partial charge in [0.05, 0.1) is 11.2 Å². The number of carbonyl (C=O) groups excluding carboxylic acids is 1. The van der Waals surface area contributed by atoms with Crippen molar-refractivity contribution in [1.29, 1.82) is 0 Å². The summed E-state index contributed by atoms with van der Waals surface area (Å²) in [5.74, 6) is -0.299. The zero-order chi connectivity index (χ0) is 19.1. The molecular weight excluding hydrogens is 340 g/mol. The zero-order valence-electron chi connectivity index (χ0n) is 16.0. The zero-order valence-corrected chi connectivity index (χ0v) is 16.0. The molecule has 140 valence electrons. The van der Waals surface area contributed by atoms with E-state index in [4.69, 9.17) is 0 Å². The number of rotatable bonds is 5. The van der Waals surface area contributed by atoms with Gasteiger partial charge in [0.1, 0.15) is 5.56 Å². The predicted molar refractivity (Wildman–Crippen MR) is 105 cm³/mol. The molecule has 3 aromatic rings. The van der Waals surface area contributed by atoms with Crippen LogP contribution in [0.5, 0.6) is 0 Å². The number of benzene rings is 1. The Hall–Kier alpha value is -2.89. The van der Waals surface area contributed by atoms with Crippen molar-refractivity contribution in [3.05, 3.63) is 62.7 Å².